The van der Waals surface area contributed by atoms with Crippen LogP contribution in [0.25, 0.3) is 0 Å². The van der Waals surface area contributed by atoms with Crippen LogP contribution in [0, 0.1) is 6.92 Å². The lowest BCUT2D eigenvalue weighted by Gasteiger charge is -2.36. The summed E-state index contributed by atoms with van der Waals surface area (Å²) in [5.74, 6) is -0.253. The molecule has 0 aromatic heterocycles. The fourth-order valence-corrected chi connectivity index (χ4v) is 3.71. The minimum atomic E-state index is -0.218. The minimum Gasteiger partial charge on any atom is -0.368 e. The van der Waals surface area contributed by atoms with E-state index < -0.39 is 0 Å². The van der Waals surface area contributed by atoms with Gasteiger partial charge in [0.2, 0.25) is 0 Å². The molecule has 1 fully saturated rings. The highest BCUT2D eigenvalue weighted by Crippen LogP contribution is 2.18. The highest BCUT2D eigenvalue weighted by molar-refractivity contribution is 6.06. The summed E-state index contributed by atoms with van der Waals surface area (Å²) >= 11 is 0. The van der Waals surface area contributed by atoms with Crippen LogP contribution in [0.15, 0.2) is 78.9 Å². The number of para-hydroxylation sites is 1. The average Bonchev–Trinajstić information content (AvgIpc) is 2.79. The molecule has 4 rings (SSSR count). The maximum atomic E-state index is 13.0. The Morgan fingerprint density at radius 1 is 0.767 bits per heavy atom. The molecule has 0 spiro atoms. The second kappa shape index (κ2) is 8.82. The number of hydrogen-bond donors (Lipinski definition) is 1. The molecule has 5 heteroatoms. The molecule has 1 N–H and O–H groups in total. The summed E-state index contributed by atoms with van der Waals surface area (Å²) in [7, 11) is 0. The Bertz CT molecular complexity index is 1040. The van der Waals surface area contributed by atoms with Gasteiger partial charge in [0.15, 0.2) is 0 Å². The van der Waals surface area contributed by atoms with E-state index in [4.69, 9.17) is 0 Å². The van der Waals surface area contributed by atoms with E-state index in [-0.39, 0.29) is 11.8 Å². The van der Waals surface area contributed by atoms with E-state index in [9.17, 15) is 9.59 Å². The van der Waals surface area contributed by atoms with Gasteiger partial charge >= 0.3 is 0 Å². The number of nitrogens with one attached hydrogen (secondary N) is 1. The molecular weight excluding hydrogens is 374 g/mol. The zero-order valence-electron chi connectivity index (χ0n) is 17.0. The lowest BCUT2D eigenvalue weighted by molar-refractivity contribution is 0.0747. The van der Waals surface area contributed by atoms with Crippen molar-refractivity contribution in [2.24, 2.45) is 0 Å². The molecule has 1 heterocycles. The molecule has 0 aliphatic carbocycles. The molecule has 0 unspecified atom stereocenters. The van der Waals surface area contributed by atoms with Crippen LogP contribution < -0.4 is 10.2 Å². The van der Waals surface area contributed by atoms with E-state index in [0.717, 1.165) is 24.3 Å². The van der Waals surface area contributed by atoms with Crippen molar-refractivity contribution >= 4 is 23.2 Å². The zero-order chi connectivity index (χ0) is 20.9. The normalized spacial score (nSPS) is 13.8. The summed E-state index contributed by atoms with van der Waals surface area (Å²) in [6, 6.07) is 24.8. The molecule has 1 saturated heterocycles. The first-order valence-corrected chi connectivity index (χ1v) is 10.2. The number of anilines is 2. The van der Waals surface area contributed by atoms with Gasteiger partial charge in [-0.2, -0.15) is 0 Å². The summed E-state index contributed by atoms with van der Waals surface area (Å²) in [5, 5.41) is 2.90. The number of aryl methyl sites for hydroxylation is 1. The third kappa shape index (κ3) is 4.51. The average molecular weight is 399 g/mol. The molecule has 0 radical (unpaired) electrons. The summed E-state index contributed by atoms with van der Waals surface area (Å²) in [6.07, 6.45) is 0. The summed E-state index contributed by atoms with van der Waals surface area (Å²) in [4.78, 5) is 29.8. The second-order valence-electron chi connectivity index (χ2n) is 7.52. The number of carbonyl (C=O) groups excluding carboxylic acids is 2. The number of benzene rings is 3. The van der Waals surface area contributed by atoms with Crippen LogP contribution in [-0.2, 0) is 0 Å². The van der Waals surface area contributed by atoms with Gasteiger partial charge < -0.3 is 15.1 Å². The zero-order valence-corrected chi connectivity index (χ0v) is 17.0. The molecule has 152 valence electrons. The summed E-state index contributed by atoms with van der Waals surface area (Å²) < 4.78 is 0. The fourth-order valence-electron chi connectivity index (χ4n) is 3.71. The van der Waals surface area contributed by atoms with Crippen LogP contribution in [0.3, 0.4) is 0 Å². The second-order valence-corrected chi connectivity index (χ2v) is 7.52. The molecule has 1 aliphatic rings. The van der Waals surface area contributed by atoms with Crippen molar-refractivity contribution in [1.29, 1.82) is 0 Å². The molecule has 2 amide bonds. The first-order valence-electron chi connectivity index (χ1n) is 10.2. The Kier molecular flexibility index (Phi) is 5.80. The quantitative estimate of drug-likeness (QED) is 0.715. The molecule has 0 saturated carbocycles. The number of hydrogen-bond acceptors (Lipinski definition) is 3. The van der Waals surface area contributed by atoms with Crippen LogP contribution in [0.5, 0.6) is 0 Å². The molecule has 0 atom stereocenters. The Morgan fingerprint density at radius 3 is 2.20 bits per heavy atom. The molecular formula is C25H25N3O2. The van der Waals surface area contributed by atoms with Crippen LogP contribution >= 0.6 is 0 Å². The molecule has 3 aromatic carbocycles. The van der Waals surface area contributed by atoms with Crippen molar-refractivity contribution in [2.45, 2.75) is 6.92 Å². The van der Waals surface area contributed by atoms with E-state index in [0.29, 0.717) is 24.2 Å². The van der Waals surface area contributed by atoms with Crippen molar-refractivity contribution in [3.05, 3.63) is 95.6 Å². The van der Waals surface area contributed by atoms with Gasteiger partial charge in [-0.3, -0.25) is 9.59 Å². The third-order valence-electron chi connectivity index (χ3n) is 5.34. The first-order chi connectivity index (χ1) is 14.6. The van der Waals surface area contributed by atoms with Crippen molar-refractivity contribution in [2.75, 3.05) is 36.4 Å². The number of rotatable bonds is 4. The minimum absolute atomic E-state index is 0.0343. The van der Waals surface area contributed by atoms with Crippen LogP contribution in [0.1, 0.15) is 26.3 Å². The third-order valence-corrected chi connectivity index (χ3v) is 5.34. The van der Waals surface area contributed by atoms with E-state index in [1.54, 1.807) is 24.3 Å². The predicted molar refractivity (Wildman–Crippen MR) is 120 cm³/mol. The van der Waals surface area contributed by atoms with Crippen molar-refractivity contribution in [1.82, 2.24) is 4.90 Å². The van der Waals surface area contributed by atoms with E-state index in [2.05, 4.69) is 22.3 Å². The molecule has 1 aliphatic heterocycles. The van der Waals surface area contributed by atoms with Crippen LogP contribution in [0.2, 0.25) is 0 Å². The topological polar surface area (TPSA) is 52.7 Å². The van der Waals surface area contributed by atoms with Gasteiger partial charge in [-0.25, -0.2) is 0 Å². The Hall–Kier alpha value is -3.60. The van der Waals surface area contributed by atoms with Gasteiger partial charge in [0.1, 0.15) is 0 Å². The van der Waals surface area contributed by atoms with E-state index in [1.807, 2.05) is 54.3 Å². The van der Waals surface area contributed by atoms with Gasteiger partial charge in [0.25, 0.3) is 11.8 Å². The molecule has 3 aromatic rings. The van der Waals surface area contributed by atoms with Gasteiger partial charge in [0, 0.05) is 48.7 Å². The van der Waals surface area contributed by atoms with Crippen molar-refractivity contribution in [3.63, 3.8) is 0 Å². The van der Waals surface area contributed by atoms with Crippen LogP contribution in [-0.4, -0.2) is 42.9 Å². The molecule has 0 bridgehead atoms. The SMILES string of the molecule is Cc1cccc(NC(=O)c2cccc(C(=O)N3CCN(c4ccccc4)CC3)c2)c1. The predicted octanol–water partition coefficient (Wildman–Crippen LogP) is 4.21. The summed E-state index contributed by atoms with van der Waals surface area (Å²) in [6.45, 7) is 4.89. The number of nitrogens with zero attached hydrogens (tertiary/aromatic N) is 2. The monoisotopic (exact) mass is 399 g/mol. The highest BCUT2D eigenvalue weighted by Gasteiger charge is 2.23. The van der Waals surface area contributed by atoms with Crippen molar-refractivity contribution < 1.29 is 9.59 Å². The maximum Gasteiger partial charge on any atom is 0.255 e. The lowest BCUT2D eigenvalue weighted by atomic mass is 10.1. The number of carbonyl (C=O) groups is 2. The Morgan fingerprint density at radius 2 is 1.47 bits per heavy atom. The van der Waals surface area contributed by atoms with Gasteiger partial charge in [-0.15, -0.1) is 0 Å². The van der Waals surface area contributed by atoms with Gasteiger partial charge in [-0.05, 0) is 55.0 Å². The lowest BCUT2D eigenvalue weighted by Crippen LogP contribution is -2.48. The highest BCUT2D eigenvalue weighted by atomic mass is 16.2. The van der Waals surface area contributed by atoms with E-state index >= 15 is 0 Å². The summed E-state index contributed by atoms with van der Waals surface area (Å²) in [5.41, 5.74) is 4.02. The standard InChI is InChI=1S/C25H25N3O2/c1-19-7-5-10-22(17-19)26-24(29)20-8-6-9-21(18-20)25(30)28-15-13-27(14-16-28)23-11-3-2-4-12-23/h2-12,17-18H,13-16H2,1H3,(H,26,29). The fraction of sp³-hybridized carbons (Fsp3) is 0.200. The number of piperazine rings is 1. The van der Waals surface area contributed by atoms with Crippen LogP contribution in [0.4, 0.5) is 11.4 Å². The molecule has 30 heavy (non-hydrogen) atoms. The first kappa shape index (κ1) is 19.7. The largest absolute Gasteiger partial charge is 0.368 e. The molecule has 5 nitrogen and oxygen atoms in total. The Balaban J connectivity index is 1.41. The van der Waals surface area contributed by atoms with Gasteiger partial charge in [-0.1, -0.05) is 36.4 Å². The smallest absolute Gasteiger partial charge is 0.255 e. The maximum absolute atomic E-state index is 13.0. The Labute approximate surface area is 176 Å². The number of amides is 2. The van der Waals surface area contributed by atoms with E-state index in [1.165, 1.54) is 5.69 Å². The van der Waals surface area contributed by atoms with Crippen molar-refractivity contribution in [3.8, 4) is 0 Å². The van der Waals surface area contributed by atoms with Gasteiger partial charge in [0.05, 0.1) is 0 Å².